The fraction of sp³-hybridized carbons (Fsp3) is 0.316. The lowest BCUT2D eigenvalue weighted by molar-refractivity contribution is -0.130. The zero-order chi connectivity index (χ0) is 16.1. The van der Waals surface area contributed by atoms with E-state index < -0.39 is 0 Å². The van der Waals surface area contributed by atoms with E-state index in [2.05, 4.69) is 5.32 Å². The van der Waals surface area contributed by atoms with Gasteiger partial charge in [-0.2, -0.15) is 0 Å². The van der Waals surface area contributed by atoms with Crippen LogP contribution in [0.1, 0.15) is 24.8 Å². The zero-order valence-electron chi connectivity index (χ0n) is 12.9. The Kier molecular flexibility index (Phi) is 4.87. The first-order valence-corrected chi connectivity index (χ1v) is 8.31. The fourth-order valence-electron chi connectivity index (χ4n) is 2.97. The molecule has 4 heteroatoms. The zero-order valence-corrected chi connectivity index (χ0v) is 13.7. The third-order valence-corrected chi connectivity index (χ3v) is 4.69. The molecule has 0 atom stereocenters. The molecule has 0 aromatic heterocycles. The minimum Gasteiger partial charge on any atom is -0.492 e. The Hall–Kier alpha value is -2.00. The van der Waals surface area contributed by atoms with Crippen molar-refractivity contribution in [3.05, 3.63) is 65.2 Å². The molecule has 1 aliphatic carbocycles. The summed E-state index contributed by atoms with van der Waals surface area (Å²) in [5.41, 5.74) is 0.768. The number of ether oxygens (including phenoxy) is 1. The van der Waals surface area contributed by atoms with Crippen LogP contribution >= 0.6 is 11.6 Å². The summed E-state index contributed by atoms with van der Waals surface area (Å²) in [4.78, 5) is 12.6. The molecule has 3 rings (SSSR count). The Bertz CT molecular complexity index is 651. The summed E-state index contributed by atoms with van der Waals surface area (Å²) >= 11 is 5.83. The van der Waals surface area contributed by atoms with Gasteiger partial charge in [-0.05, 0) is 42.7 Å². The quantitative estimate of drug-likeness (QED) is 0.815. The Labute approximate surface area is 141 Å². The van der Waals surface area contributed by atoms with E-state index in [9.17, 15) is 4.79 Å². The summed E-state index contributed by atoms with van der Waals surface area (Å²) in [6.07, 6.45) is 2.94. The molecule has 2 aromatic rings. The molecular weight excluding hydrogens is 310 g/mol. The third-order valence-electron chi connectivity index (χ3n) is 4.44. The Balaban J connectivity index is 1.52. The van der Waals surface area contributed by atoms with Gasteiger partial charge < -0.3 is 10.1 Å². The average molecular weight is 330 g/mol. The summed E-state index contributed by atoms with van der Waals surface area (Å²) in [6.45, 7) is 0.939. The van der Waals surface area contributed by atoms with E-state index in [4.69, 9.17) is 16.3 Å². The lowest BCUT2D eigenvalue weighted by Crippen LogP contribution is -2.50. The molecule has 23 heavy (non-hydrogen) atoms. The average Bonchev–Trinajstić information content (AvgIpc) is 2.53. The molecule has 2 aromatic carbocycles. The van der Waals surface area contributed by atoms with E-state index in [-0.39, 0.29) is 11.3 Å². The maximum absolute atomic E-state index is 12.6. The van der Waals surface area contributed by atoms with Crippen LogP contribution < -0.4 is 10.1 Å². The van der Waals surface area contributed by atoms with E-state index in [1.54, 1.807) is 12.1 Å². The van der Waals surface area contributed by atoms with Crippen LogP contribution in [0.2, 0.25) is 5.02 Å². The lowest BCUT2D eigenvalue weighted by Gasteiger charge is -2.40. The molecule has 1 aliphatic rings. The van der Waals surface area contributed by atoms with Crippen molar-refractivity contribution in [2.75, 3.05) is 13.2 Å². The minimum atomic E-state index is -0.346. The molecule has 0 aliphatic heterocycles. The highest BCUT2D eigenvalue weighted by atomic mass is 35.5. The van der Waals surface area contributed by atoms with Crippen LogP contribution in [0.3, 0.4) is 0 Å². The van der Waals surface area contributed by atoms with Gasteiger partial charge in [0.1, 0.15) is 12.4 Å². The van der Waals surface area contributed by atoms with Gasteiger partial charge in [-0.1, -0.05) is 48.4 Å². The number of hydrogen-bond donors (Lipinski definition) is 1. The third kappa shape index (κ3) is 3.50. The lowest BCUT2D eigenvalue weighted by atomic mass is 9.64. The van der Waals surface area contributed by atoms with Crippen LogP contribution in [-0.4, -0.2) is 19.1 Å². The van der Waals surface area contributed by atoms with Gasteiger partial charge in [0.05, 0.1) is 12.0 Å². The van der Waals surface area contributed by atoms with E-state index >= 15 is 0 Å². The standard InChI is InChI=1S/C19H20ClNO2/c20-16-7-9-17(10-8-16)23-14-13-21-18(22)19(11-4-12-19)15-5-2-1-3-6-15/h1-3,5-10H,4,11-14H2,(H,21,22). The molecule has 0 saturated heterocycles. The second-order valence-electron chi connectivity index (χ2n) is 5.86. The van der Waals surface area contributed by atoms with Crippen LogP contribution in [0.15, 0.2) is 54.6 Å². The second kappa shape index (κ2) is 7.05. The van der Waals surface area contributed by atoms with Gasteiger partial charge >= 0.3 is 0 Å². The van der Waals surface area contributed by atoms with E-state index in [1.165, 1.54) is 0 Å². The SMILES string of the molecule is O=C(NCCOc1ccc(Cl)cc1)C1(c2ccccc2)CCC1. The summed E-state index contributed by atoms with van der Waals surface area (Å²) < 4.78 is 5.61. The molecule has 0 radical (unpaired) electrons. The molecule has 0 unspecified atom stereocenters. The maximum atomic E-state index is 12.6. The Morgan fingerprint density at radius 3 is 2.39 bits per heavy atom. The summed E-state index contributed by atoms with van der Waals surface area (Å²) in [6, 6.07) is 17.3. The number of rotatable bonds is 6. The molecule has 0 spiro atoms. The van der Waals surface area contributed by atoms with Crippen LogP contribution in [0.25, 0.3) is 0 Å². The van der Waals surface area contributed by atoms with Crippen molar-refractivity contribution in [3.63, 3.8) is 0 Å². The molecule has 120 valence electrons. The van der Waals surface area contributed by atoms with Crippen molar-refractivity contribution in [2.45, 2.75) is 24.7 Å². The number of benzene rings is 2. The minimum absolute atomic E-state index is 0.106. The fourth-order valence-corrected chi connectivity index (χ4v) is 3.09. The van der Waals surface area contributed by atoms with Crippen LogP contribution in [0.5, 0.6) is 5.75 Å². The second-order valence-corrected chi connectivity index (χ2v) is 6.30. The molecule has 1 saturated carbocycles. The van der Waals surface area contributed by atoms with Crippen molar-refractivity contribution < 1.29 is 9.53 Å². The molecule has 0 bridgehead atoms. The van der Waals surface area contributed by atoms with Gasteiger partial charge in [0.15, 0.2) is 0 Å². The number of hydrogen-bond acceptors (Lipinski definition) is 2. The first-order valence-electron chi connectivity index (χ1n) is 7.93. The predicted octanol–water partition coefficient (Wildman–Crippen LogP) is 3.96. The molecular formula is C19H20ClNO2. The molecule has 1 fully saturated rings. The number of carbonyl (C=O) groups is 1. The number of amides is 1. The van der Waals surface area contributed by atoms with Crippen LogP contribution in [-0.2, 0) is 10.2 Å². The first-order chi connectivity index (χ1) is 11.2. The van der Waals surface area contributed by atoms with Gasteiger partial charge in [0.2, 0.25) is 5.91 Å². The van der Waals surface area contributed by atoms with Crippen molar-refractivity contribution in [3.8, 4) is 5.75 Å². The number of halogens is 1. The maximum Gasteiger partial charge on any atom is 0.230 e. The summed E-state index contributed by atoms with van der Waals surface area (Å²) in [5.74, 6) is 0.861. The van der Waals surface area contributed by atoms with E-state index in [1.807, 2.05) is 42.5 Å². The Morgan fingerprint density at radius 1 is 1.09 bits per heavy atom. The predicted molar refractivity (Wildman–Crippen MR) is 91.9 cm³/mol. The van der Waals surface area contributed by atoms with E-state index in [0.29, 0.717) is 18.2 Å². The van der Waals surface area contributed by atoms with Gasteiger partial charge in [-0.25, -0.2) is 0 Å². The van der Waals surface area contributed by atoms with Gasteiger partial charge in [-0.15, -0.1) is 0 Å². The monoisotopic (exact) mass is 329 g/mol. The van der Waals surface area contributed by atoms with Crippen molar-refractivity contribution in [1.29, 1.82) is 0 Å². The first kappa shape index (κ1) is 15.9. The molecule has 1 N–H and O–H groups in total. The summed E-state index contributed by atoms with van der Waals surface area (Å²) in [5, 5.41) is 3.70. The Morgan fingerprint density at radius 2 is 1.78 bits per heavy atom. The van der Waals surface area contributed by atoms with Crippen molar-refractivity contribution in [2.24, 2.45) is 0 Å². The van der Waals surface area contributed by atoms with Crippen molar-refractivity contribution in [1.82, 2.24) is 5.32 Å². The highest BCUT2D eigenvalue weighted by Crippen LogP contribution is 2.43. The highest BCUT2D eigenvalue weighted by molar-refractivity contribution is 6.30. The van der Waals surface area contributed by atoms with Gasteiger partial charge in [0.25, 0.3) is 0 Å². The summed E-state index contributed by atoms with van der Waals surface area (Å²) in [7, 11) is 0. The van der Waals surface area contributed by atoms with Crippen molar-refractivity contribution >= 4 is 17.5 Å². The molecule has 3 nitrogen and oxygen atoms in total. The largest absolute Gasteiger partial charge is 0.492 e. The van der Waals surface area contributed by atoms with E-state index in [0.717, 1.165) is 30.6 Å². The van der Waals surface area contributed by atoms with Crippen LogP contribution in [0.4, 0.5) is 0 Å². The molecule has 1 amide bonds. The smallest absolute Gasteiger partial charge is 0.230 e. The molecule has 0 heterocycles. The van der Waals surface area contributed by atoms with Gasteiger partial charge in [0, 0.05) is 5.02 Å². The van der Waals surface area contributed by atoms with Crippen LogP contribution in [0, 0.1) is 0 Å². The normalized spacial score (nSPS) is 15.5. The topological polar surface area (TPSA) is 38.3 Å². The van der Waals surface area contributed by atoms with Gasteiger partial charge in [-0.3, -0.25) is 4.79 Å². The highest BCUT2D eigenvalue weighted by Gasteiger charge is 2.45. The number of nitrogens with one attached hydrogen (secondary N) is 1. The number of carbonyl (C=O) groups excluding carboxylic acids is 1.